The molecule has 0 amide bonds. The Hall–Kier alpha value is -1.41. The van der Waals surface area contributed by atoms with Gasteiger partial charge >= 0.3 is 0 Å². The molecule has 120 valence electrons. The highest BCUT2D eigenvalue weighted by Gasteiger charge is 2.21. The molecule has 0 aliphatic carbocycles. The van der Waals surface area contributed by atoms with Crippen molar-refractivity contribution in [3.63, 3.8) is 0 Å². The lowest BCUT2D eigenvalue weighted by atomic mass is 10.2. The van der Waals surface area contributed by atoms with Crippen LogP contribution in [0.15, 0.2) is 29.3 Å². The smallest absolute Gasteiger partial charge is 0.256 e. The summed E-state index contributed by atoms with van der Waals surface area (Å²) in [5, 5.41) is 1.20. The number of benzene rings is 1. The molecule has 1 saturated heterocycles. The van der Waals surface area contributed by atoms with Crippen molar-refractivity contribution in [2.45, 2.75) is 11.9 Å². The number of H-pyrrole nitrogens is 1. The zero-order chi connectivity index (χ0) is 15.6. The van der Waals surface area contributed by atoms with Gasteiger partial charge in [-0.1, -0.05) is 18.2 Å². The van der Waals surface area contributed by atoms with Gasteiger partial charge in [0.15, 0.2) is 5.03 Å². The Morgan fingerprint density at radius 2 is 2.00 bits per heavy atom. The van der Waals surface area contributed by atoms with Crippen LogP contribution < -0.4 is 4.72 Å². The molecular weight excluding hydrogens is 302 g/mol. The van der Waals surface area contributed by atoms with Crippen LogP contribution in [0.2, 0.25) is 0 Å². The second-order valence-electron chi connectivity index (χ2n) is 5.48. The first-order valence-electron chi connectivity index (χ1n) is 7.45. The van der Waals surface area contributed by atoms with Crippen molar-refractivity contribution in [3.8, 4) is 0 Å². The lowest BCUT2D eigenvalue weighted by molar-refractivity contribution is 0.0390. The molecule has 7 heteroatoms. The van der Waals surface area contributed by atoms with Crippen LogP contribution in [0.1, 0.15) is 5.56 Å². The summed E-state index contributed by atoms with van der Waals surface area (Å²) >= 11 is 0. The molecule has 1 aliphatic heterocycles. The average Bonchev–Trinajstić information content (AvgIpc) is 2.87. The van der Waals surface area contributed by atoms with Crippen LogP contribution >= 0.6 is 0 Å². The number of morpholine rings is 1. The predicted molar refractivity (Wildman–Crippen MR) is 85.5 cm³/mol. The first-order valence-corrected chi connectivity index (χ1v) is 8.93. The van der Waals surface area contributed by atoms with Crippen LogP contribution in [0, 0.1) is 6.92 Å². The molecule has 1 fully saturated rings. The van der Waals surface area contributed by atoms with Crippen LogP contribution in [0.25, 0.3) is 10.9 Å². The monoisotopic (exact) mass is 323 g/mol. The largest absolute Gasteiger partial charge is 0.379 e. The van der Waals surface area contributed by atoms with Gasteiger partial charge in [-0.25, -0.2) is 13.1 Å². The second-order valence-corrected chi connectivity index (χ2v) is 7.18. The number of nitrogens with one attached hydrogen (secondary N) is 2. The van der Waals surface area contributed by atoms with Gasteiger partial charge in [-0.05, 0) is 18.6 Å². The van der Waals surface area contributed by atoms with Gasteiger partial charge in [0.25, 0.3) is 10.0 Å². The van der Waals surface area contributed by atoms with E-state index in [-0.39, 0.29) is 5.03 Å². The molecule has 0 bridgehead atoms. The van der Waals surface area contributed by atoms with Gasteiger partial charge in [-0.3, -0.25) is 4.90 Å². The number of fused-ring (bicyclic) bond motifs is 1. The molecule has 0 saturated carbocycles. The number of hydrogen-bond acceptors (Lipinski definition) is 4. The fraction of sp³-hybridized carbons (Fsp3) is 0.467. The third-order valence-electron chi connectivity index (χ3n) is 4.01. The van der Waals surface area contributed by atoms with Crippen LogP contribution in [0.3, 0.4) is 0 Å². The number of aromatic amines is 1. The predicted octanol–water partition coefficient (Wildman–Crippen LogP) is 1.09. The molecule has 0 spiro atoms. The van der Waals surface area contributed by atoms with E-state index in [1.54, 1.807) is 0 Å². The highest BCUT2D eigenvalue weighted by Crippen LogP contribution is 2.24. The normalized spacial score (nSPS) is 17.1. The highest BCUT2D eigenvalue weighted by molar-refractivity contribution is 7.89. The standard InChI is InChI=1S/C15H21N3O3S/c1-12-13-4-2-3-5-14(13)17-15(12)22(19,20)16-6-7-18-8-10-21-11-9-18/h2-5,16-17H,6-11H2,1H3. The van der Waals surface area contributed by atoms with Crippen molar-refractivity contribution >= 4 is 20.9 Å². The number of rotatable bonds is 5. The second kappa shape index (κ2) is 6.37. The number of para-hydroxylation sites is 1. The summed E-state index contributed by atoms with van der Waals surface area (Å²) < 4.78 is 32.9. The number of hydrogen-bond donors (Lipinski definition) is 2. The average molecular weight is 323 g/mol. The number of ether oxygens (including phenoxy) is 1. The van der Waals surface area contributed by atoms with E-state index in [4.69, 9.17) is 4.74 Å². The minimum absolute atomic E-state index is 0.260. The van der Waals surface area contributed by atoms with Crippen LogP contribution in [0.5, 0.6) is 0 Å². The van der Waals surface area contributed by atoms with E-state index in [9.17, 15) is 8.42 Å². The SMILES string of the molecule is Cc1c(S(=O)(=O)NCCN2CCOCC2)[nH]c2ccccc12. The first kappa shape index (κ1) is 15.5. The Bertz CT molecular complexity index is 748. The van der Waals surface area contributed by atoms with Gasteiger partial charge in [-0.2, -0.15) is 0 Å². The van der Waals surface area contributed by atoms with E-state index < -0.39 is 10.0 Å². The molecule has 3 rings (SSSR count). The van der Waals surface area contributed by atoms with E-state index in [1.165, 1.54) is 0 Å². The molecule has 2 aromatic rings. The van der Waals surface area contributed by atoms with E-state index in [0.29, 0.717) is 26.3 Å². The Labute approximate surface area is 130 Å². The summed E-state index contributed by atoms with van der Waals surface area (Å²) in [6.45, 7) is 6.07. The Morgan fingerprint density at radius 1 is 1.27 bits per heavy atom. The maximum atomic E-state index is 12.5. The molecule has 1 aliphatic rings. The molecular formula is C15H21N3O3S. The molecule has 2 heterocycles. The number of nitrogens with zero attached hydrogens (tertiary/aromatic N) is 1. The molecule has 1 aromatic carbocycles. The Kier molecular flexibility index (Phi) is 4.49. The third-order valence-corrected chi connectivity index (χ3v) is 5.54. The molecule has 2 N–H and O–H groups in total. The molecule has 1 aromatic heterocycles. The van der Waals surface area contributed by atoms with Gasteiger partial charge in [-0.15, -0.1) is 0 Å². The van der Waals surface area contributed by atoms with Crippen molar-refractivity contribution in [1.82, 2.24) is 14.6 Å². The zero-order valence-electron chi connectivity index (χ0n) is 12.6. The topological polar surface area (TPSA) is 74.4 Å². The van der Waals surface area contributed by atoms with Gasteiger partial charge < -0.3 is 9.72 Å². The first-order chi connectivity index (χ1) is 10.6. The van der Waals surface area contributed by atoms with E-state index >= 15 is 0 Å². The summed E-state index contributed by atoms with van der Waals surface area (Å²) in [4.78, 5) is 5.21. The number of aromatic nitrogens is 1. The number of sulfonamides is 1. The molecule has 0 atom stereocenters. The molecule has 0 radical (unpaired) electrons. The van der Waals surface area contributed by atoms with Gasteiger partial charge in [0.1, 0.15) is 0 Å². The van der Waals surface area contributed by atoms with Crippen molar-refractivity contribution in [2.24, 2.45) is 0 Å². The highest BCUT2D eigenvalue weighted by atomic mass is 32.2. The van der Waals surface area contributed by atoms with Crippen LogP contribution in [-0.4, -0.2) is 57.7 Å². The molecule has 0 unspecified atom stereocenters. The van der Waals surface area contributed by atoms with E-state index in [0.717, 1.165) is 29.6 Å². The Morgan fingerprint density at radius 3 is 2.73 bits per heavy atom. The minimum Gasteiger partial charge on any atom is -0.379 e. The maximum absolute atomic E-state index is 12.5. The summed E-state index contributed by atoms with van der Waals surface area (Å²) in [5.41, 5.74) is 1.60. The maximum Gasteiger partial charge on any atom is 0.256 e. The zero-order valence-corrected chi connectivity index (χ0v) is 13.4. The quantitative estimate of drug-likeness (QED) is 0.864. The summed E-state index contributed by atoms with van der Waals surface area (Å²) in [5.74, 6) is 0. The van der Waals surface area contributed by atoms with Gasteiger partial charge in [0, 0.05) is 37.1 Å². The van der Waals surface area contributed by atoms with Gasteiger partial charge in [0.05, 0.1) is 13.2 Å². The van der Waals surface area contributed by atoms with E-state index in [2.05, 4.69) is 14.6 Å². The van der Waals surface area contributed by atoms with E-state index in [1.807, 2.05) is 31.2 Å². The van der Waals surface area contributed by atoms with Crippen molar-refractivity contribution in [2.75, 3.05) is 39.4 Å². The number of aryl methyl sites for hydroxylation is 1. The van der Waals surface area contributed by atoms with Gasteiger partial charge in [0.2, 0.25) is 0 Å². The fourth-order valence-corrected chi connectivity index (χ4v) is 4.02. The molecule has 6 nitrogen and oxygen atoms in total. The van der Waals surface area contributed by atoms with Crippen molar-refractivity contribution in [3.05, 3.63) is 29.8 Å². The van der Waals surface area contributed by atoms with Crippen LogP contribution in [-0.2, 0) is 14.8 Å². The lowest BCUT2D eigenvalue weighted by Gasteiger charge is -2.26. The molecule has 22 heavy (non-hydrogen) atoms. The summed E-state index contributed by atoms with van der Waals surface area (Å²) in [6, 6.07) is 7.61. The fourth-order valence-electron chi connectivity index (χ4n) is 2.76. The minimum atomic E-state index is -3.52. The van der Waals surface area contributed by atoms with Crippen molar-refractivity contribution < 1.29 is 13.2 Å². The Balaban J connectivity index is 1.70. The lowest BCUT2D eigenvalue weighted by Crippen LogP contribution is -2.41. The third kappa shape index (κ3) is 3.17. The van der Waals surface area contributed by atoms with Crippen LogP contribution in [0.4, 0.5) is 0 Å². The summed E-state index contributed by atoms with van der Waals surface area (Å²) in [6.07, 6.45) is 0. The van der Waals surface area contributed by atoms with Crippen molar-refractivity contribution in [1.29, 1.82) is 0 Å². The summed E-state index contributed by atoms with van der Waals surface area (Å²) in [7, 11) is -3.52.